The SMILES string of the molecule is Brc1cnc(OC2CCN(C/C=C/c3ccccc3)CC2)nc1. The predicted octanol–water partition coefficient (Wildman–Crippen LogP) is 3.80. The first-order valence-corrected chi connectivity index (χ1v) is 8.67. The quantitative estimate of drug-likeness (QED) is 0.798. The van der Waals surface area contributed by atoms with Crippen LogP contribution in [0.25, 0.3) is 6.08 Å². The van der Waals surface area contributed by atoms with Crippen LogP contribution in [0.1, 0.15) is 18.4 Å². The second-order valence-electron chi connectivity index (χ2n) is 5.61. The summed E-state index contributed by atoms with van der Waals surface area (Å²) in [4.78, 5) is 10.8. The topological polar surface area (TPSA) is 38.2 Å². The van der Waals surface area contributed by atoms with Gasteiger partial charge in [0.2, 0.25) is 0 Å². The van der Waals surface area contributed by atoms with Crippen LogP contribution >= 0.6 is 15.9 Å². The molecule has 1 aliphatic heterocycles. The van der Waals surface area contributed by atoms with Gasteiger partial charge in [-0.25, -0.2) is 9.97 Å². The molecule has 1 aromatic heterocycles. The summed E-state index contributed by atoms with van der Waals surface area (Å²) in [6, 6.07) is 10.9. The van der Waals surface area contributed by atoms with Crippen LogP contribution < -0.4 is 4.74 Å². The van der Waals surface area contributed by atoms with E-state index in [0.717, 1.165) is 36.9 Å². The third-order valence-corrected chi connectivity index (χ3v) is 4.29. The number of likely N-dealkylation sites (tertiary alicyclic amines) is 1. The van der Waals surface area contributed by atoms with Crippen molar-refractivity contribution >= 4 is 22.0 Å². The molecule has 2 aromatic rings. The Morgan fingerprint density at radius 1 is 1.13 bits per heavy atom. The minimum atomic E-state index is 0.213. The van der Waals surface area contributed by atoms with Crippen LogP contribution in [0.5, 0.6) is 6.01 Å². The number of benzene rings is 1. The summed E-state index contributed by atoms with van der Waals surface area (Å²) >= 11 is 3.33. The van der Waals surface area contributed by atoms with Crippen molar-refractivity contribution in [3.8, 4) is 6.01 Å². The van der Waals surface area contributed by atoms with Crippen molar-refractivity contribution in [2.45, 2.75) is 18.9 Å². The normalized spacial score (nSPS) is 16.7. The van der Waals surface area contributed by atoms with E-state index >= 15 is 0 Å². The maximum absolute atomic E-state index is 5.84. The van der Waals surface area contributed by atoms with E-state index < -0.39 is 0 Å². The first-order valence-electron chi connectivity index (χ1n) is 7.88. The van der Waals surface area contributed by atoms with Crippen molar-refractivity contribution in [3.63, 3.8) is 0 Å². The zero-order valence-corrected chi connectivity index (χ0v) is 14.5. The van der Waals surface area contributed by atoms with E-state index in [9.17, 15) is 0 Å². The predicted molar refractivity (Wildman–Crippen MR) is 95.3 cm³/mol. The molecule has 0 atom stereocenters. The Balaban J connectivity index is 1.41. The third kappa shape index (κ3) is 5.15. The molecule has 1 aliphatic rings. The summed E-state index contributed by atoms with van der Waals surface area (Å²) in [7, 11) is 0. The second kappa shape index (κ2) is 8.22. The molecule has 23 heavy (non-hydrogen) atoms. The molecule has 1 fully saturated rings. The summed E-state index contributed by atoms with van der Waals surface area (Å²) in [6.07, 6.45) is 10.1. The number of aromatic nitrogens is 2. The average Bonchev–Trinajstić information content (AvgIpc) is 2.59. The van der Waals surface area contributed by atoms with Crippen LogP contribution in [0.2, 0.25) is 0 Å². The summed E-state index contributed by atoms with van der Waals surface area (Å²) in [5, 5.41) is 0. The van der Waals surface area contributed by atoms with Crippen LogP contribution in [0.3, 0.4) is 0 Å². The van der Waals surface area contributed by atoms with Crippen molar-refractivity contribution in [1.82, 2.24) is 14.9 Å². The maximum atomic E-state index is 5.84. The number of hydrogen-bond donors (Lipinski definition) is 0. The lowest BCUT2D eigenvalue weighted by molar-refractivity contribution is 0.0985. The van der Waals surface area contributed by atoms with Gasteiger partial charge in [-0.15, -0.1) is 0 Å². The first-order chi connectivity index (χ1) is 11.3. The lowest BCUT2D eigenvalue weighted by Crippen LogP contribution is -2.38. The number of hydrogen-bond acceptors (Lipinski definition) is 4. The van der Waals surface area contributed by atoms with Crippen LogP contribution in [-0.2, 0) is 0 Å². The lowest BCUT2D eigenvalue weighted by Gasteiger charge is -2.30. The smallest absolute Gasteiger partial charge is 0.316 e. The van der Waals surface area contributed by atoms with Gasteiger partial charge in [0, 0.05) is 32.0 Å². The molecule has 0 bridgehead atoms. The van der Waals surface area contributed by atoms with E-state index in [1.807, 2.05) is 6.07 Å². The zero-order valence-electron chi connectivity index (χ0n) is 12.9. The Kier molecular flexibility index (Phi) is 5.77. The van der Waals surface area contributed by atoms with Crippen molar-refractivity contribution in [2.75, 3.05) is 19.6 Å². The lowest BCUT2D eigenvalue weighted by atomic mass is 10.1. The molecule has 3 rings (SSSR count). The van der Waals surface area contributed by atoms with Gasteiger partial charge in [-0.2, -0.15) is 0 Å². The van der Waals surface area contributed by atoms with Crippen molar-refractivity contribution < 1.29 is 4.74 Å². The Morgan fingerprint density at radius 3 is 2.52 bits per heavy atom. The highest BCUT2D eigenvalue weighted by molar-refractivity contribution is 9.10. The molecule has 5 heteroatoms. The fourth-order valence-electron chi connectivity index (χ4n) is 2.62. The number of nitrogens with zero attached hydrogens (tertiary/aromatic N) is 3. The molecule has 1 saturated heterocycles. The molecule has 0 unspecified atom stereocenters. The highest BCUT2D eigenvalue weighted by Crippen LogP contribution is 2.17. The maximum Gasteiger partial charge on any atom is 0.316 e. The third-order valence-electron chi connectivity index (χ3n) is 3.88. The monoisotopic (exact) mass is 373 g/mol. The fourth-order valence-corrected chi connectivity index (χ4v) is 2.83. The molecule has 0 saturated carbocycles. The van der Waals surface area contributed by atoms with Crippen LogP contribution in [-0.4, -0.2) is 40.6 Å². The van der Waals surface area contributed by atoms with Gasteiger partial charge in [-0.3, -0.25) is 4.90 Å². The standard InChI is InChI=1S/C18H20BrN3O/c19-16-13-20-18(21-14-16)23-17-8-11-22(12-9-17)10-4-7-15-5-2-1-3-6-15/h1-7,13-14,17H,8-12H2/b7-4+. The van der Waals surface area contributed by atoms with E-state index in [1.165, 1.54) is 5.56 Å². The Hall–Kier alpha value is -1.72. The highest BCUT2D eigenvalue weighted by Gasteiger charge is 2.20. The summed E-state index contributed by atoms with van der Waals surface area (Å²) in [6.45, 7) is 3.07. The van der Waals surface area contributed by atoms with Crippen LogP contribution in [0.4, 0.5) is 0 Å². The molecule has 0 spiro atoms. The van der Waals surface area contributed by atoms with E-state index in [4.69, 9.17) is 4.74 Å². The Labute approximate surface area is 145 Å². The van der Waals surface area contributed by atoms with Gasteiger partial charge in [-0.1, -0.05) is 42.5 Å². The summed E-state index contributed by atoms with van der Waals surface area (Å²) < 4.78 is 6.71. The van der Waals surface area contributed by atoms with E-state index in [0.29, 0.717) is 6.01 Å². The average molecular weight is 374 g/mol. The van der Waals surface area contributed by atoms with E-state index in [-0.39, 0.29) is 6.10 Å². The molecule has 1 aromatic carbocycles. The number of rotatable bonds is 5. The van der Waals surface area contributed by atoms with Gasteiger partial charge < -0.3 is 4.74 Å². The highest BCUT2D eigenvalue weighted by atomic mass is 79.9. The van der Waals surface area contributed by atoms with Gasteiger partial charge in [0.1, 0.15) is 6.10 Å². The van der Waals surface area contributed by atoms with Gasteiger partial charge in [0.05, 0.1) is 4.47 Å². The fraction of sp³-hybridized carbons (Fsp3) is 0.333. The second-order valence-corrected chi connectivity index (χ2v) is 6.53. The molecule has 4 nitrogen and oxygen atoms in total. The Bertz CT molecular complexity index is 622. The molecule has 2 heterocycles. The van der Waals surface area contributed by atoms with E-state index in [1.54, 1.807) is 12.4 Å². The van der Waals surface area contributed by atoms with Crippen molar-refractivity contribution in [3.05, 3.63) is 58.8 Å². The van der Waals surface area contributed by atoms with Gasteiger partial charge >= 0.3 is 6.01 Å². The number of ether oxygens (including phenoxy) is 1. The molecule has 0 aliphatic carbocycles. The van der Waals surface area contributed by atoms with Gasteiger partial charge in [-0.05, 0) is 34.3 Å². The summed E-state index contributed by atoms with van der Waals surface area (Å²) in [5.41, 5.74) is 1.25. The van der Waals surface area contributed by atoms with Gasteiger partial charge in [0.15, 0.2) is 0 Å². The number of halogens is 1. The Morgan fingerprint density at radius 2 is 1.83 bits per heavy atom. The molecule has 0 radical (unpaired) electrons. The van der Waals surface area contributed by atoms with E-state index in [2.05, 4.69) is 67.2 Å². The number of piperidine rings is 1. The largest absolute Gasteiger partial charge is 0.460 e. The molecule has 120 valence electrons. The van der Waals surface area contributed by atoms with Crippen LogP contribution in [0, 0.1) is 0 Å². The minimum Gasteiger partial charge on any atom is -0.460 e. The molecular formula is C18H20BrN3O. The first kappa shape index (κ1) is 16.1. The molecule has 0 N–H and O–H groups in total. The minimum absolute atomic E-state index is 0.213. The van der Waals surface area contributed by atoms with Gasteiger partial charge in [0.25, 0.3) is 0 Å². The zero-order chi connectivity index (χ0) is 15.9. The van der Waals surface area contributed by atoms with Crippen molar-refractivity contribution in [2.24, 2.45) is 0 Å². The van der Waals surface area contributed by atoms with Crippen LogP contribution in [0.15, 0.2) is 53.3 Å². The van der Waals surface area contributed by atoms with Crippen molar-refractivity contribution in [1.29, 1.82) is 0 Å². The summed E-state index contributed by atoms with van der Waals surface area (Å²) in [5.74, 6) is 0. The molecular weight excluding hydrogens is 354 g/mol. The molecule has 0 amide bonds.